The van der Waals surface area contributed by atoms with E-state index in [2.05, 4.69) is 4.72 Å². The second-order valence-electron chi connectivity index (χ2n) is 6.55. The number of fused-ring (bicyclic) bond motifs is 1. The first-order valence-corrected chi connectivity index (χ1v) is 10.6. The van der Waals surface area contributed by atoms with Crippen LogP contribution in [0, 0.1) is 0 Å². The average Bonchev–Trinajstić information content (AvgIpc) is 3.02. The van der Waals surface area contributed by atoms with E-state index in [0.29, 0.717) is 16.1 Å². The first-order valence-electron chi connectivity index (χ1n) is 8.78. The van der Waals surface area contributed by atoms with E-state index in [-0.39, 0.29) is 27.5 Å². The minimum atomic E-state index is -4.08. The van der Waals surface area contributed by atoms with E-state index < -0.39 is 15.8 Å². The second kappa shape index (κ2) is 7.47. The third-order valence-corrected chi connectivity index (χ3v) is 6.18. The van der Waals surface area contributed by atoms with E-state index in [1.54, 1.807) is 30.3 Å². The summed E-state index contributed by atoms with van der Waals surface area (Å²) >= 11 is 6.05. The van der Waals surface area contributed by atoms with Crippen LogP contribution >= 0.6 is 11.6 Å². The maximum atomic E-state index is 13.0. The van der Waals surface area contributed by atoms with Crippen LogP contribution < -0.4 is 10.5 Å². The number of aryl methyl sites for hydroxylation is 1. The summed E-state index contributed by atoms with van der Waals surface area (Å²) in [4.78, 5) is 24.5. The molecule has 4 rings (SSSR count). The van der Waals surface area contributed by atoms with Crippen molar-refractivity contribution >= 4 is 44.2 Å². The molecule has 0 radical (unpaired) electrons. The number of carbonyl (C=O) groups excluding carboxylic acids is 1. The fourth-order valence-corrected chi connectivity index (χ4v) is 4.29. The van der Waals surface area contributed by atoms with Gasteiger partial charge in [-0.3, -0.25) is 14.1 Å². The molecule has 152 valence electrons. The molecule has 0 spiro atoms. The highest BCUT2D eigenvalue weighted by atomic mass is 35.5. The van der Waals surface area contributed by atoms with Crippen molar-refractivity contribution in [2.45, 2.75) is 4.90 Å². The van der Waals surface area contributed by atoms with Gasteiger partial charge in [-0.2, -0.15) is 0 Å². The van der Waals surface area contributed by atoms with Gasteiger partial charge in [-0.05, 0) is 30.3 Å². The largest absolute Gasteiger partial charge is 0.419 e. The molecule has 0 atom stereocenters. The standard InChI is InChI=1S/C21H15ClN2O5S/c1-24-18-10-8-15(12-19(18)29-21(24)26)30(27,28)23-17-9-7-14(22)11-16(17)20(25)13-5-3-2-4-6-13/h2-12,23H,1H3. The van der Waals surface area contributed by atoms with Crippen LogP contribution in [0.3, 0.4) is 0 Å². The molecule has 3 aromatic carbocycles. The number of oxazole rings is 1. The van der Waals surface area contributed by atoms with E-state index in [9.17, 15) is 18.0 Å². The van der Waals surface area contributed by atoms with Crippen molar-refractivity contribution in [1.82, 2.24) is 4.57 Å². The number of benzene rings is 3. The van der Waals surface area contributed by atoms with Gasteiger partial charge in [0.25, 0.3) is 10.0 Å². The van der Waals surface area contributed by atoms with Crippen molar-refractivity contribution in [1.29, 1.82) is 0 Å². The number of ketones is 1. The van der Waals surface area contributed by atoms with Crippen molar-refractivity contribution in [3.63, 3.8) is 0 Å². The minimum Gasteiger partial charge on any atom is -0.408 e. The number of halogens is 1. The van der Waals surface area contributed by atoms with Gasteiger partial charge in [0.15, 0.2) is 11.4 Å². The number of anilines is 1. The highest BCUT2D eigenvalue weighted by Crippen LogP contribution is 2.27. The van der Waals surface area contributed by atoms with Crippen LogP contribution in [-0.4, -0.2) is 18.8 Å². The molecule has 0 aliphatic rings. The van der Waals surface area contributed by atoms with Crippen molar-refractivity contribution in [3.05, 3.63) is 93.4 Å². The first kappa shape index (κ1) is 19.9. The smallest absolute Gasteiger partial charge is 0.408 e. The Morgan fingerprint density at radius 1 is 1.03 bits per heavy atom. The fourth-order valence-electron chi connectivity index (χ4n) is 3.02. The number of nitrogens with zero attached hydrogens (tertiary/aromatic N) is 1. The zero-order valence-electron chi connectivity index (χ0n) is 15.6. The Morgan fingerprint density at radius 3 is 2.50 bits per heavy atom. The summed E-state index contributed by atoms with van der Waals surface area (Å²) in [5, 5.41) is 0.296. The summed E-state index contributed by atoms with van der Waals surface area (Å²) in [6.07, 6.45) is 0. The Bertz CT molecular complexity index is 1440. The molecule has 0 bridgehead atoms. The molecule has 0 saturated carbocycles. The quantitative estimate of drug-likeness (QED) is 0.474. The van der Waals surface area contributed by atoms with E-state index >= 15 is 0 Å². The maximum Gasteiger partial charge on any atom is 0.419 e. The molecule has 1 heterocycles. The Kier molecular flexibility index (Phi) is 4.97. The molecule has 30 heavy (non-hydrogen) atoms. The molecule has 4 aromatic rings. The van der Waals surface area contributed by atoms with Crippen molar-refractivity contribution < 1.29 is 17.6 Å². The Morgan fingerprint density at radius 2 is 1.77 bits per heavy atom. The van der Waals surface area contributed by atoms with Crippen LogP contribution in [0.25, 0.3) is 11.1 Å². The van der Waals surface area contributed by atoms with E-state index in [1.165, 1.54) is 48.0 Å². The number of aromatic nitrogens is 1. The lowest BCUT2D eigenvalue weighted by atomic mass is 10.0. The van der Waals surface area contributed by atoms with Gasteiger partial charge in [0.1, 0.15) is 0 Å². The van der Waals surface area contributed by atoms with E-state index in [0.717, 1.165) is 0 Å². The Balaban J connectivity index is 1.75. The van der Waals surface area contributed by atoms with Gasteiger partial charge in [0.2, 0.25) is 0 Å². The number of carbonyl (C=O) groups is 1. The molecule has 1 N–H and O–H groups in total. The summed E-state index contributed by atoms with van der Waals surface area (Å²) in [7, 11) is -2.55. The van der Waals surface area contributed by atoms with Gasteiger partial charge in [0, 0.05) is 29.3 Å². The van der Waals surface area contributed by atoms with Crippen molar-refractivity contribution in [2.75, 3.05) is 4.72 Å². The molecule has 0 aliphatic carbocycles. The summed E-state index contributed by atoms with van der Waals surface area (Å²) in [6.45, 7) is 0. The highest BCUT2D eigenvalue weighted by molar-refractivity contribution is 7.92. The molecule has 0 unspecified atom stereocenters. The van der Waals surface area contributed by atoms with Crippen LogP contribution in [0.4, 0.5) is 5.69 Å². The number of sulfonamides is 1. The van der Waals surface area contributed by atoms with Crippen LogP contribution in [0.1, 0.15) is 15.9 Å². The predicted molar refractivity (Wildman–Crippen MR) is 114 cm³/mol. The molecular weight excluding hydrogens is 428 g/mol. The number of rotatable bonds is 5. The van der Waals surface area contributed by atoms with Gasteiger partial charge in [0.05, 0.1) is 16.1 Å². The maximum absolute atomic E-state index is 13.0. The topological polar surface area (TPSA) is 98.4 Å². The zero-order chi connectivity index (χ0) is 21.5. The zero-order valence-corrected chi connectivity index (χ0v) is 17.2. The number of hydrogen-bond donors (Lipinski definition) is 1. The van der Waals surface area contributed by atoms with Crippen molar-refractivity contribution in [3.8, 4) is 0 Å². The highest BCUT2D eigenvalue weighted by Gasteiger charge is 2.21. The molecule has 1 aromatic heterocycles. The fraction of sp³-hybridized carbons (Fsp3) is 0.0476. The van der Waals surface area contributed by atoms with Crippen LogP contribution in [0.15, 0.2) is 80.8 Å². The van der Waals surface area contributed by atoms with Crippen LogP contribution in [0.2, 0.25) is 5.02 Å². The van der Waals surface area contributed by atoms with E-state index in [4.69, 9.17) is 16.0 Å². The normalized spacial score (nSPS) is 11.5. The Labute approximate surface area is 176 Å². The SMILES string of the molecule is Cn1c(=O)oc2cc(S(=O)(=O)Nc3ccc(Cl)cc3C(=O)c3ccccc3)ccc21. The van der Waals surface area contributed by atoms with Gasteiger partial charge in [-0.1, -0.05) is 41.9 Å². The lowest BCUT2D eigenvalue weighted by Crippen LogP contribution is -2.16. The molecular formula is C21H15ClN2O5S. The van der Waals surface area contributed by atoms with Crippen LogP contribution in [-0.2, 0) is 17.1 Å². The minimum absolute atomic E-state index is 0.0860. The molecule has 0 aliphatic heterocycles. The molecule has 7 nitrogen and oxygen atoms in total. The lowest BCUT2D eigenvalue weighted by Gasteiger charge is -2.13. The summed E-state index contributed by atoms with van der Waals surface area (Å²) < 4.78 is 34.7. The average molecular weight is 443 g/mol. The van der Waals surface area contributed by atoms with Crippen molar-refractivity contribution in [2.24, 2.45) is 7.05 Å². The predicted octanol–water partition coefficient (Wildman–Crippen LogP) is 3.82. The first-order chi connectivity index (χ1) is 14.3. The molecule has 0 fully saturated rings. The second-order valence-corrected chi connectivity index (χ2v) is 8.67. The monoisotopic (exact) mass is 442 g/mol. The number of hydrogen-bond acceptors (Lipinski definition) is 5. The lowest BCUT2D eigenvalue weighted by molar-refractivity contribution is 0.103. The summed E-state index contributed by atoms with van der Waals surface area (Å²) in [6, 6.07) is 16.9. The molecule has 0 amide bonds. The van der Waals surface area contributed by atoms with E-state index in [1.807, 2.05) is 0 Å². The molecule has 9 heteroatoms. The Hall–Kier alpha value is -3.36. The van der Waals surface area contributed by atoms with Gasteiger partial charge >= 0.3 is 5.76 Å². The van der Waals surface area contributed by atoms with Gasteiger partial charge < -0.3 is 4.42 Å². The third-order valence-electron chi connectivity index (χ3n) is 4.58. The van der Waals surface area contributed by atoms with Crippen LogP contribution in [0.5, 0.6) is 0 Å². The van der Waals surface area contributed by atoms with Gasteiger partial charge in [-0.25, -0.2) is 13.2 Å². The summed E-state index contributed by atoms with van der Waals surface area (Å²) in [5.41, 5.74) is 1.20. The molecule has 0 saturated heterocycles. The third kappa shape index (κ3) is 3.62. The van der Waals surface area contributed by atoms with Gasteiger partial charge in [-0.15, -0.1) is 0 Å². The number of nitrogens with one attached hydrogen (secondary N) is 1. The summed E-state index contributed by atoms with van der Waals surface area (Å²) in [5.74, 6) is -0.971.